The minimum Gasteiger partial charge on any atom is -0.453 e. The van der Waals surface area contributed by atoms with Gasteiger partial charge in [-0.25, -0.2) is 4.79 Å². The molecule has 0 aliphatic heterocycles. The van der Waals surface area contributed by atoms with Crippen molar-refractivity contribution in [2.75, 3.05) is 7.11 Å². The van der Waals surface area contributed by atoms with Crippen LogP contribution in [0.2, 0.25) is 0 Å². The highest BCUT2D eigenvalue weighted by Crippen LogP contribution is 2.29. The van der Waals surface area contributed by atoms with Crippen LogP contribution < -0.4 is 5.32 Å². The van der Waals surface area contributed by atoms with E-state index in [2.05, 4.69) is 23.9 Å². The largest absolute Gasteiger partial charge is 0.453 e. The van der Waals surface area contributed by atoms with E-state index in [1.54, 1.807) is 0 Å². The Morgan fingerprint density at radius 3 is 2.69 bits per heavy atom. The number of carbonyl (C=O) groups is 1. The van der Waals surface area contributed by atoms with E-state index >= 15 is 0 Å². The van der Waals surface area contributed by atoms with E-state index in [4.69, 9.17) is 0 Å². The van der Waals surface area contributed by atoms with Gasteiger partial charge in [-0.15, -0.1) is 0 Å². The smallest absolute Gasteiger partial charge is 0.407 e. The van der Waals surface area contributed by atoms with Crippen molar-refractivity contribution in [3.05, 3.63) is 0 Å². The molecule has 1 aliphatic carbocycles. The van der Waals surface area contributed by atoms with Crippen molar-refractivity contribution in [2.45, 2.75) is 39.2 Å². The van der Waals surface area contributed by atoms with Crippen LogP contribution in [-0.2, 0) is 4.74 Å². The molecule has 0 aromatic heterocycles. The summed E-state index contributed by atoms with van der Waals surface area (Å²) in [6, 6.07) is 0.302. The summed E-state index contributed by atoms with van der Waals surface area (Å²) in [6.07, 6.45) is 3.27. The van der Waals surface area contributed by atoms with Gasteiger partial charge in [0.2, 0.25) is 0 Å². The second kappa shape index (κ2) is 4.49. The normalized spacial score (nSPS) is 33.9. The molecule has 0 aromatic rings. The van der Waals surface area contributed by atoms with Crippen molar-refractivity contribution in [3.63, 3.8) is 0 Å². The first-order valence-corrected chi connectivity index (χ1v) is 4.99. The van der Waals surface area contributed by atoms with Crippen LogP contribution in [0.3, 0.4) is 0 Å². The molecule has 0 spiro atoms. The maximum absolute atomic E-state index is 11.0. The molecule has 3 unspecified atom stereocenters. The number of hydrogen-bond donors (Lipinski definition) is 1. The maximum atomic E-state index is 11.0. The van der Waals surface area contributed by atoms with E-state index < -0.39 is 0 Å². The van der Waals surface area contributed by atoms with Gasteiger partial charge in [0, 0.05) is 6.04 Å². The number of nitrogens with one attached hydrogen (secondary N) is 1. The van der Waals surface area contributed by atoms with E-state index in [9.17, 15) is 4.79 Å². The first-order valence-electron chi connectivity index (χ1n) is 4.99. The van der Waals surface area contributed by atoms with Crippen molar-refractivity contribution in [2.24, 2.45) is 11.8 Å². The summed E-state index contributed by atoms with van der Waals surface area (Å²) in [6.45, 7) is 4.44. The summed E-state index contributed by atoms with van der Waals surface area (Å²) in [7, 11) is 1.41. The summed E-state index contributed by atoms with van der Waals surface area (Å²) in [4.78, 5) is 11.0. The highest BCUT2D eigenvalue weighted by Gasteiger charge is 2.28. The van der Waals surface area contributed by atoms with Gasteiger partial charge in [-0.3, -0.25) is 0 Å². The van der Waals surface area contributed by atoms with Gasteiger partial charge in [0.1, 0.15) is 0 Å². The SMILES string of the molecule is COC(=O)NC1CCCC(C)C1C. The molecule has 76 valence electrons. The summed E-state index contributed by atoms with van der Waals surface area (Å²) in [5.41, 5.74) is 0. The predicted octanol–water partition coefficient (Wildman–Crippen LogP) is 2.17. The molecule has 0 saturated heterocycles. The van der Waals surface area contributed by atoms with Gasteiger partial charge in [0.05, 0.1) is 7.11 Å². The van der Waals surface area contributed by atoms with E-state index in [1.807, 2.05) is 0 Å². The van der Waals surface area contributed by atoms with Crippen molar-refractivity contribution < 1.29 is 9.53 Å². The second-order valence-corrected chi connectivity index (χ2v) is 4.01. The Labute approximate surface area is 79.8 Å². The van der Waals surface area contributed by atoms with Crippen LogP contribution in [0.15, 0.2) is 0 Å². The van der Waals surface area contributed by atoms with Gasteiger partial charge < -0.3 is 10.1 Å². The zero-order valence-electron chi connectivity index (χ0n) is 8.67. The summed E-state index contributed by atoms with van der Waals surface area (Å²) >= 11 is 0. The average molecular weight is 185 g/mol. The monoisotopic (exact) mass is 185 g/mol. The van der Waals surface area contributed by atoms with Crippen LogP contribution in [0, 0.1) is 11.8 Å². The van der Waals surface area contributed by atoms with Crippen LogP contribution >= 0.6 is 0 Å². The lowest BCUT2D eigenvalue weighted by Gasteiger charge is -2.34. The number of amides is 1. The van der Waals surface area contributed by atoms with E-state index in [0.29, 0.717) is 17.9 Å². The topological polar surface area (TPSA) is 38.3 Å². The summed E-state index contributed by atoms with van der Waals surface area (Å²) in [5, 5.41) is 2.89. The summed E-state index contributed by atoms with van der Waals surface area (Å²) in [5.74, 6) is 1.27. The minimum absolute atomic E-state index is 0.300. The van der Waals surface area contributed by atoms with Crippen molar-refractivity contribution in [3.8, 4) is 0 Å². The zero-order chi connectivity index (χ0) is 9.84. The van der Waals surface area contributed by atoms with E-state index in [1.165, 1.54) is 20.0 Å². The average Bonchev–Trinajstić information content (AvgIpc) is 2.13. The number of rotatable bonds is 1. The van der Waals surface area contributed by atoms with Crippen LogP contribution in [0.4, 0.5) is 4.79 Å². The fourth-order valence-corrected chi connectivity index (χ4v) is 2.00. The van der Waals surface area contributed by atoms with Gasteiger partial charge in [-0.2, -0.15) is 0 Å². The summed E-state index contributed by atoms with van der Waals surface area (Å²) < 4.78 is 4.59. The molecule has 3 nitrogen and oxygen atoms in total. The Kier molecular flexibility index (Phi) is 3.58. The first-order chi connectivity index (χ1) is 6.15. The molecule has 1 fully saturated rings. The van der Waals surface area contributed by atoms with Crippen LogP contribution in [0.1, 0.15) is 33.1 Å². The molecule has 0 aromatic carbocycles. The van der Waals surface area contributed by atoms with E-state index in [0.717, 1.165) is 6.42 Å². The Morgan fingerprint density at radius 2 is 2.08 bits per heavy atom. The van der Waals surface area contributed by atoms with Crippen molar-refractivity contribution >= 4 is 6.09 Å². The third-order valence-electron chi connectivity index (χ3n) is 3.20. The number of ether oxygens (including phenoxy) is 1. The standard InChI is InChI=1S/C10H19NO2/c1-7-5-4-6-9(8(7)2)11-10(12)13-3/h7-9H,4-6H2,1-3H3,(H,11,12). The van der Waals surface area contributed by atoms with Crippen LogP contribution in [0.5, 0.6) is 0 Å². The number of alkyl carbamates (subject to hydrolysis) is 1. The Hall–Kier alpha value is -0.730. The molecule has 1 amide bonds. The lowest BCUT2D eigenvalue weighted by molar-refractivity contribution is 0.146. The quantitative estimate of drug-likeness (QED) is 0.680. The second-order valence-electron chi connectivity index (χ2n) is 4.01. The van der Waals surface area contributed by atoms with Gasteiger partial charge in [0.15, 0.2) is 0 Å². The zero-order valence-corrected chi connectivity index (χ0v) is 8.67. The lowest BCUT2D eigenvalue weighted by atomic mass is 9.78. The molecule has 0 bridgehead atoms. The Balaban J connectivity index is 2.43. The number of methoxy groups -OCH3 is 1. The third-order valence-corrected chi connectivity index (χ3v) is 3.20. The highest BCUT2D eigenvalue weighted by molar-refractivity contribution is 5.67. The van der Waals surface area contributed by atoms with Gasteiger partial charge in [-0.05, 0) is 18.3 Å². The molecule has 0 heterocycles. The highest BCUT2D eigenvalue weighted by atomic mass is 16.5. The van der Waals surface area contributed by atoms with Gasteiger partial charge >= 0.3 is 6.09 Å². The van der Waals surface area contributed by atoms with Gasteiger partial charge in [0.25, 0.3) is 0 Å². The molecular formula is C10H19NO2. The fraction of sp³-hybridized carbons (Fsp3) is 0.900. The molecule has 1 aliphatic rings. The molecule has 0 radical (unpaired) electrons. The molecule has 1 rings (SSSR count). The maximum Gasteiger partial charge on any atom is 0.407 e. The Morgan fingerprint density at radius 1 is 1.38 bits per heavy atom. The lowest BCUT2D eigenvalue weighted by Crippen LogP contribution is -2.43. The molecular weight excluding hydrogens is 166 g/mol. The molecule has 13 heavy (non-hydrogen) atoms. The first kappa shape index (κ1) is 10.4. The fourth-order valence-electron chi connectivity index (χ4n) is 2.00. The van der Waals surface area contributed by atoms with Crippen LogP contribution in [-0.4, -0.2) is 19.2 Å². The minimum atomic E-state index is -0.300. The molecule has 1 N–H and O–H groups in total. The molecule has 1 saturated carbocycles. The van der Waals surface area contributed by atoms with Crippen molar-refractivity contribution in [1.82, 2.24) is 5.32 Å². The third kappa shape index (κ3) is 2.61. The molecule has 3 atom stereocenters. The Bertz CT molecular complexity index is 182. The van der Waals surface area contributed by atoms with Crippen molar-refractivity contribution in [1.29, 1.82) is 0 Å². The number of hydrogen-bond acceptors (Lipinski definition) is 2. The predicted molar refractivity (Wildman–Crippen MR) is 51.5 cm³/mol. The number of carbonyl (C=O) groups excluding carboxylic acids is 1. The molecule has 3 heteroatoms. The van der Waals surface area contributed by atoms with Crippen LogP contribution in [0.25, 0.3) is 0 Å². The van der Waals surface area contributed by atoms with E-state index in [-0.39, 0.29) is 6.09 Å². The van der Waals surface area contributed by atoms with Gasteiger partial charge in [-0.1, -0.05) is 26.7 Å².